The average Bonchev–Trinajstić information content (AvgIpc) is 2.36. The third-order valence-corrected chi connectivity index (χ3v) is 3.28. The van der Waals surface area contributed by atoms with Crippen molar-refractivity contribution in [1.29, 1.82) is 0 Å². The normalized spacial score (nSPS) is 16.1. The topological polar surface area (TPSA) is 58.4 Å². The Morgan fingerprint density at radius 3 is 2.44 bits per heavy atom. The second kappa shape index (κ2) is 5.98. The number of benzene rings is 1. The molecule has 1 aromatic carbocycles. The summed E-state index contributed by atoms with van der Waals surface area (Å²) in [6.07, 6.45) is 0. The van der Waals surface area contributed by atoms with Crippen molar-refractivity contribution in [1.82, 2.24) is 10.2 Å². The lowest BCUT2D eigenvalue weighted by molar-refractivity contribution is -0.126. The molecule has 4 heteroatoms. The molecule has 0 aliphatic rings. The third kappa shape index (κ3) is 3.55. The van der Waals surface area contributed by atoms with Crippen LogP contribution in [0.1, 0.15) is 19.4 Å². The molecule has 0 spiro atoms. The van der Waals surface area contributed by atoms with Gasteiger partial charge >= 0.3 is 0 Å². The fourth-order valence-electron chi connectivity index (χ4n) is 1.52. The molecule has 1 aromatic rings. The Labute approximate surface area is 109 Å². The SMILES string of the molecule is CC(CNC(=O)C(C)(N)c1ccccc1)N(C)C. The van der Waals surface area contributed by atoms with Crippen LogP contribution < -0.4 is 11.1 Å². The van der Waals surface area contributed by atoms with Crippen LogP contribution in [-0.4, -0.2) is 37.5 Å². The van der Waals surface area contributed by atoms with Crippen LogP contribution in [0.25, 0.3) is 0 Å². The van der Waals surface area contributed by atoms with Crippen molar-refractivity contribution in [3.63, 3.8) is 0 Å². The fraction of sp³-hybridized carbons (Fsp3) is 0.500. The van der Waals surface area contributed by atoms with E-state index in [1.807, 2.05) is 44.4 Å². The van der Waals surface area contributed by atoms with E-state index < -0.39 is 5.54 Å². The molecule has 0 radical (unpaired) electrons. The third-order valence-electron chi connectivity index (χ3n) is 3.28. The van der Waals surface area contributed by atoms with Gasteiger partial charge in [0.1, 0.15) is 5.54 Å². The van der Waals surface area contributed by atoms with Gasteiger partial charge in [-0.15, -0.1) is 0 Å². The lowest BCUT2D eigenvalue weighted by atomic mass is 9.92. The second-order valence-corrected chi connectivity index (χ2v) is 5.09. The minimum Gasteiger partial charge on any atom is -0.353 e. The predicted octanol–water partition coefficient (Wildman–Crippen LogP) is 0.927. The van der Waals surface area contributed by atoms with Gasteiger partial charge in [0.25, 0.3) is 0 Å². The van der Waals surface area contributed by atoms with Crippen LogP contribution in [0.15, 0.2) is 30.3 Å². The molecular weight excluding hydrogens is 226 g/mol. The molecule has 1 rings (SSSR count). The molecule has 0 heterocycles. The van der Waals surface area contributed by atoms with E-state index in [0.717, 1.165) is 5.56 Å². The van der Waals surface area contributed by atoms with Crippen molar-refractivity contribution in [2.45, 2.75) is 25.4 Å². The highest BCUT2D eigenvalue weighted by Crippen LogP contribution is 2.17. The van der Waals surface area contributed by atoms with Crippen LogP contribution in [0, 0.1) is 0 Å². The Morgan fingerprint density at radius 2 is 1.94 bits per heavy atom. The van der Waals surface area contributed by atoms with Gasteiger partial charge in [0.15, 0.2) is 0 Å². The first-order valence-electron chi connectivity index (χ1n) is 6.15. The monoisotopic (exact) mass is 249 g/mol. The van der Waals surface area contributed by atoms with Gasteiger partial charge < -0.3 is 16.0 Å². The van der Waals surface area contributed by atoms with Crippen LogP contribution in [0.4, 0.5) is 0 Å². The maximum absolute atomic E-state index is 12.1. The van der Waals surface area contributed by atoms with E-state index in [1.165, 1.54) is 0 Å². The smallest absolute Gasteiger partial charge is 0.244 e. The van der Waals surface area contributed by atoms with E-state index in [-0.39, 0.29) is 11.9 Å². The van der Waals surface area contributed by atoms with Crippen LogP contribution in [0.5, 0.6) is 0 Å². The number of likely N-dealkylation sites (N-methyl/N-ethyl adjacent to an activating group) is 1. The Morgan fingerprint density at radius 1 is 1.39 bits per heavy atom. The fourth-order valence-corrected chi connectivity index (χ4v) is 1.52. The number of carbonyl (C=O) groups excluding carboxylic acids is 1. The summed E-state index contributed by atoms with van der Waals surface area (Å²) in [5.41, 5.74) is 5.94. The van der Waals surface area contributed by atoms with Gasteiger partial charge in [-0.1, -0.05) is 30.3 Å². The minimum absolute atomic E-state index is 0.151. The van der Waals surface area contributed by atoms with Gasteiger partial charge in [0.2, 0.25) is 5.91 Å². The zero-order valence-electron chi connectivity index (χ0n) is 11.6. The van der Waals surface area contributed by atoms with Gasteiger partial charge in [-0.2, -0.15) is 0 Å². The summed E-state index contributed by atoms with van der Waals surface area (Å²) in [5, 5.41) is 2.90. The Bertz CT molecular complexity index is 387. The summed E-state index contributed by atoms with van der Waals surface area (Å²) < 4.78 is 0. The van der Waals surface area contributed by atoms with Crippen molar-refractivity contribution in [3.8, 4) is 0 Å². The van der Waals surface area contributed by atoms with Gasteiger partial charge in [-0.3, -0.25) is 4.79 Å². The van der Waals surface area contributed by atoms with E-state index >= 15 is 0 Å². The number of hydrogen-bond donors (Lipinski definition) is 2. The summed E-state index contributed by atoms with van der Waals surface area (Å²) in [6, 6.07) is 9.70. The molecule has 0 aliphatic carbocycles. The Kier molecular flexibility index (Phi) is 4.87. The van der Waals surface area contributed by atoms with Crippen molar-refractivity contribution in [2.75, 3.05) is 20.6 Å². The van der Waals surface area contributed by atoms with Crippen LogP contribution in [-0.2, 0) is 10.3 Å². The van der Waals surface area contributed by atoms with Gasteiger partial charge in [-0.05, 0) is 33.5 Å². The number of hydrogen-bond acceptors (Lipinski definition) is 3. The number of nitrogens with one attached hydrogen (secondary N) is 1. The number of rotatable bonds is 5. The Balaban J connectivity index is 2.66. The molecule has 0 aliphatic heterocycles. The number of amides is 1. The quantitative estimate of drug-likeness (QED) is 0.816. The lowest BCUT2D eigenvalue weighted by Crippen LogP contribution is -2.51. The summed E-state index contributed by atoms with van der Waals surface area (Å²) in [6.45, 7) is 4.38. The summed E-state index contributed by atoms with van der Waals surface area (Å²) in [7, 11) is 3.96. The molecule has 0 fully saturated rings. The predicted molar refractivity (Wildman–Crippen MR) is 74.1 cm³/mol. The Hall–Kier alpha value is -1.39. The zero-order valence-corrected chi connectivity index (χ0v) is 11.6. The molecule has 2 atom stereocenters. The maximum Gasteiger partial charge on any atom is 0.244 e. The van der Waals surface area contributed by atoms with Gasteiger partial charge in [0, 0.05) is 12.6 Å². The van der Waals surface area contributed by atoms with Gasteiger partial charge in [-0.25, -0.2) is 0 Å². The lowest BCUT2D eigenvalue weighted by Gasteiger charge is -2.26. The highest BCUT2D eigenvalue weighted by Gasteiger charge is 2.30. The molecule has 0 bridgehead atoms. The number of nitrogens with two attached hydrogens (primary N) is 1. The first-order chi connectivity index (χ1) is 8.35. The van der Waals surface area contributed by atoms with Gasteiger partial charge in [0.05, 0.1) is 0 Å². The largest absolute Gasteiger partial charge is 0.353 e. The average molecular weight is 249 g/mol. The van der Waals surface area contributed by atoms with Crippen LogP contribution in [0.3, 0.4) is 0 Å². The molecule has 100 valence electrons. The number of carbonyl (C=O) groups is 1. The molecule has 0 aromatic heterocycles. The molecule has 1 amide bonds. The number of nitrogens with zero attached hydrogens (tertiary/aromatic N) is 1. The maximum atomic E-state index is 12.1. The molecule has 0 saturated carbocycles. The van der Waals surface area contributed by atoms with E-state index in [1.54, 1.807) is 6.92 Å². The van der Waals surface area contributed by atoms with E-state index in [9.17, 15) is 4.79 Å². The second-order valence-electron chi connectivity index (χ2n) is 5.09. The molecule has 3 N–H and O–H groups in total. The minimum atomic E-state index is -0.993. The van der Waals surface area contributed by atoms with Crippen molar-refractivity contribution in [2.24, 2.45) is 5.73 Å². The molecule has 2 unspecified atom stereocenters. The van der Waals surface area contributed by atoms with Crippen molar-refractivity contribution >= 4 is 5.91 Å². The summed E-state index contributed by atoms with van der Waals surface area (Å²) in [5.74, 6) is -0.151. The molecule has 0 saturated heterocycles. The summed E-state index contributed by atoms with van der Waals surface area (Å²) >= 11 is 0. The van der Waals surface area contributed by atoms with E-state index in [0.29, 0.717) is 6.54 Å². The molecular formula is C14H23N3O. The first kappa shape index (κ1) is 14.7. The molecule has 4 nitrogen and oxygen atoms in total. The highest BCUT2D eigenvalue weighted by molar-refractivity contribution is 5.86. The molecule has 18 heavy (non-hydrogen) atoms. The van der Waals surface area contributed by atoms with Crippen LogP contribution >= 0.6 is 0 Å². The standard InChI is InChI=1S/C14H23N3O/c1-11(17(3)4)10-16-13(18)14(2,15)12-8-6-5-7-9-12/h5-9,11H,10,15H2,1-4H3,(H,16,18). The van der Waals surface area contributed by atoms with E-state index in [2.05, 4.69) is 17.1 Å². The van der Waals surface area contributed by atoms with E-state index in [4.69, 9.17) is 5.73 Å². The first-order valence-corrected chi connectivity index (χ1v) is 6.15. The van der Waals surface area contributed by atoms with Crippen molar-refractivity contribution < 1.29 is 4.79 Å². The van der Waals surface area contributed by atoms with Crippen LogP contribution in [0.2, 0.25) is 0 Å². The van der Waals surface area contributed by atoms with Crippen molar-refractivity contribution in [3.05, 3.63) is 35.9 Å². The highest BCUT2D eigenvalue weighted by atomic mass is 16.2. The zero-order chi connectivity index (χ0) is 13.8. The summed E-state index contributed by atoms with van der Waals surface area (Å²) in [4.78, 5) is 14.2.